The molecule has 0 spiro atoms. The maximum Gasteiger partial charge on any atom is 5.00 e. The molecule has 0 aliphatic carbocycles. The van der Waals surface area contributed by atoms with E-state index >= 15 is 0 Å². The topological polar surface area (TPSA) is 69.2 Å². The van der Waals surface area contributed by atoms with Gasteiger partial charge in [0.25, 0.3) is 0 Å². The van der Waals surface area contributed by atoms with E-state index in [9.17, 15) is 15.3 Å². The Balaban J connectivity index is -0.0000000450. The third-order valence-corrected chi connectivity index (χ3v) is 0.612. The summed E-state index contributed by atoms with van der Waals surface area (Å²) in [4.78, 5) is 0. The van der Waals surface area contributed by atoms with Crippen LogP contribution in [0.1, 0.15) is 40.0 Å². The molecule has 0 aliphatic rings. The van der Waals surface area contributed by atoms with Gasteiger partial charge in [0.05, 0.1) is 0 Å². The Labute approximate surface area is 94.1 Å². The van der Waals surface area contributed by atoms with Gasteiger partial charge in [-0.05, 0) is 0 Å². The minimum absolute atomic E-state index is 0. The van der Waals surface area contributed by atoms with E-state index in [1.165, 1.54) is 0 Å². The van der Waals surface area contributed by atoms with Crippen LogP contribution in [0.25, 0.3) is 0 Å². The summed E-state index contributed by atoms with van der Waals surface area (Å²) < 4.78 is 0. The van der Waals surface area contributed by atoms with Gasteiger partial charge < -0.3 is 15.3 Å². The van der Waals surface area contributed by atoms with E-state index in [1.54, 1.807) is 0 Å². The van der Waals surface area contributed by atoms with E-state index in [4.69, 9.17) is 0 Å². The molecule has 0 fully saturated rings. The van der Waals surface area contributed by atoms with E-state index in [2.05, 4.69) is 0 Å². The molecule has 0 saturated heterocycles. The molecular weight excluding hydrogens is 207 g/mol. The molecule has 78 valence electrons. The Bertz CT molecular complexity index is 30.3. The van der Waals surface area contributed by atoms with Crippen LogP contribution < -0.4 is 15.3 Å². The van der Waals surface area contributed by atoms with Crippen LogP contribution in [-0.4, -0.2) is 19.8 Å². The summed E-state index contributed by atoms with van der Waals surface area (Å²) in [7, 11) is 0. The van der Waals surface area contributed by atoms with E-state index in [0.29, 0.717) is 0 Å². The molecule has 0 unspecified atom stereocenters. The predicted molar refractivity (Wildman–Crippen MR) is 45.5 cm³/mol. The molecule has 0 saturated carbocycles. The normalized spacial score (nSPS) is 6.92. The summed E-state index contributed by atoms with van der Waals surface area (Å²) in [6.07, 6.45) is 2.29. The first-order chi connectivity index (χ1) is 5.74. The van der Waals surface area contributed by atoms with Gasteiger partial charge in [0, 0.05) is 0 Å². The smallest absolute Gasteiger partial charge is 0.854 e. The van der Waals surface area contributed by atoms with Crippen molar-refractivity contribution in [2.45, 2.75) is 40.0 Å². The molecule has 3 nitrogen and oxygen atoms in total. The Morgan fingerprint density at radius 3 is 0.692 bits per heavy atom. The van der Waals surface area contributed by atoms with Gasteiger partial charge in [-0.15, -0.1) is 19.8 Å². The Kier molecular flexibility index (Phi) is 70.4. The molecule has 0 aromatic rings. The van der Waals surface area contributed by atoms with Crippen LogP contribution in [0.15, 0.2) is 0 Å². The van der Waals surface area contributed by atoms with Crippen molar-refractivity contribution in [2.24, 2.45) is 0 Å². The Morgan fingerprint density at radius 1 is 0.615 bits per heavy atom. The average molecular weight is 228 g/mol. The zero-order chi connectivity index (χ0) is 10.2. The summed E-state index contributed by atoms with van der Waals surface area (Å²) in [5.41, 5.74) is 0. The minimum atomic E-state index is 0. The molecule has 0 aromatic heterocycles. The van der Waals surface area contributed by atoms with E-state index in [0.717, 1.165) is 19.3 Å². The monoisotopic (exact) mass is 228 g/mol. The van der Waals surface area contributed by atoms with Crippen molar-refractivity contribution in [3.8, 4) is 0 Å². The van der Waals surface area contributed by atoms with Crippen LogP contribution in [0.2, 0.25) is 0 Å². The fourth-order valence-electron chi connectivity index (χ4n) is 0. The summed E-state index contributed by atoms with van der Waals surface area (Å²) >= 11 is 0. The SMILES string of the molecule is CCC[O-].CCC[O-].CCC[O-].[V+5]. The van der Waals surface area contributed by atoms with E-state index in [-0.39, 0.29) is 38.4 Å². The molecule has 0 amide bonds. The van der Waals surface area contributed by atoms with Crippen molar-refractivity contribution in [2.75, 3.05) is 19.8 Å². The van der Waals surface area contributed by atoms with Crippen LogP contribution in [0, 0.1) is 0 Å². The third-order valence-electron chi connectivity index (χ3n) is 0.612. The van der Waals surface area contributed by atoms with Crippen LogP contribution in [0.4, 0.5) is 0 Å². The second kappa shape index (κ2) is 39.2. The van der Waals surface area contributed by atoms with Gasteiger partial charge in [0.1, 0.15) is 0 Å². The molecule has 0 atom stereocenters. The molecule has 0 heterocycles. The molecule has 13 heavy (non-hydrogen) atoms. The van der Waals surface area contributed by atoms with E-state index in [1.807, 2.05) is 20.8 Å². The average Bonchev–Trinajstić information content (AvgIpc) is 2.18. The molecule has 0 aliphatic heterocycles. The van der Waals surface area contributed by atoms with Gasteiger partial charge in [0.2, 0.25) is 0 Å². The first-order valence-electron chi connectivity index (χ1n) is 4.49. The van der Waals surface area contributed by atoms with Gasteiger partial charge in [0.15, 0.2) is 0 Å². The zero-order valence-electron chi connectivity index (χ0n) is 8.91. The van der Waals surface area contributed by atoms with Crippen LogP contribution in [0.3, 0.4) is 0 Å². The Morgan fingerprint density at radius 2 is 0.692 bits per heavy atom. The second-order valence-corrected chi connectivity index (χ2v) is 2.11. The van der Waals surface area contributed by atoms with Crippen molar-refractivity contribution in [1.29, 1.82) is 0 Å². The maximum atomic E-state index is 9.30. The molecule has 4 heteroatoms. The van der Waals surface area contributed by atoms with Gasteiger partial charge in [-0.2, -0.15) is 0 Å². The van der Waals surface area contributed by atoms with Crippen molar-refractivity contribution in [1.82, 2.24) is 0 Å². The van der Waals surface area contributed by atoms with Crippen molar-refractivity contribution < 1.29 is 33.9 Å². The number of hydrogen-bond donors (Lipinski definition) is 0. The molecule has 0 rings (SSSR count). The van der Waals surface area contributed by atoms with Crippen molar-refractivity contribution in [3.05, 3.63) is 0 Å². The van der Waals surface area contributed by atoms with Crippen LogP contribution in [-0.2, 0) is 18.6 Å². The number of hydrogen-bond acceptors (Lipinski definition) is 3. The van der Waals surface area contributed by atoms with Crippen molar-refractivity contribution in [3.63, 3.8) is 0 Å². The molecule has 0 radical (unpaired) electrons. The largest absolute Gasteiger partial charge is 5.00 e. The molecule has 0 bridgehead atoms. The summed E-state index contributed by atoms with van der Waals surface area (Å²) in [5.74, 6) is 0. The fourth-order valence-corrected chi connectivity index (χ4v) is 0. The van der Waals surface area contributed by atoms with Gasteiger partial charge in [-0.25, -0.2) is 0 Å². The van der Waals surface area contributed by atoms with Gasteiger partial charge in [-0.1, -0.05) is 40.0 Å². The summed E-state index contributed by atoms with van der Waals surface area (Å²) in [6, 6.07) is 0. The first-order valence-corrected chi connectivity index (χ1v) is 4.49. The van der Waals surface area contributed by atoms with Gasteiger partial charge in [-0.3, -0.25) is 0 Å². The van der Waals surface area contributed by atoms with Crippen LogP contribution in [0.5, 0.6) is 0 Å². The zero-order valence-corrected chi connectivity index (χ0v) is 10.3. The third kappa shape index (κ3) is 114. The summed E-state index contributed by atoms with van der Waals surface area (Å²) in [5, 5.41) is 27.9. The Hall–Kier alpha value is 0.464. The first kappa shape index (κ1) is 23.4. The minimum Gasteiger partial charge on any atom is -0.854 e. The standard InChI is InChI=1S/3C3H7O.V/c3*1-2-3-4;/h3*2-3H2,1H3;/q3*-1;+5. The van der Waals surface area contributed by atoms with Crippen molar-refractivity contribution >= 4 is 0 Å². The maximum absolute atomic E-state index is 9.30. The predicted octanol–water partition coefficient (Wildman–Crippen LogP) is -0.732. The van der Waals surface area contributed by atoms with Gasteiger partial charge >= 0.3 is 18.6 Å². The fraction of sp³-hybridized carbons (Fsp3) is 1.00. The van der Waals surface area contributed by atoms with E-state index < -0.39 is 0 Å². The second-order valence-electron chi connectivity index (χ2n) is 2.11. The quantitative estimate of drug-likeness (QED) is 0.639. The molecule has 0 aromatic carbocycles. The molecular formula is C9H21O3V+2. The van der Waals surface area contributed by atoms with Crippen LogP contribution >= 0.6 is 0 Å². The number of rotatable bonds is 3. The molecule has 0 N–H and O–H groups in total. The summed E-state index contributed by atoms with van der Waals surface area (Å²) in [6.45, 7) is 5.81.